The Balaban J connectivity index is 2.11. The molecule has 1 aliphatic rings. The van der Waals surface area contributed by atoms with Crippen LogP contribution in [0, 0.1) is 0 Å². The molecule has 1 aliphatic heterocycles. The van der Waals surface area contributed by atoms with Crippen LogP contribution in [0.1, 0.15) is 83.5 Å². The monoisotopic (exact) mass is 278 g/mol. The summed E-state index contributed by atoms with van der Waals surface area (Å²) in [4.78, 5) is 0. The molecular formula is C19H34O. The Morgan fingerprint density at radius 1 is 0.450 bits per heavy atom. The van der Waals surface area contributed by atoms with Crippen LogP contribution in [0.5, 0.6) is 0 Å². The quantitative estimate of drug-likeness (QED) is 0.479. The van der Waals surface area contributed by atoms with Crippen molar-refractivity contribution < 1.29 is 4.74 Å². The lowest BCUT2D eigenvalue weighted by molar-refractivity contribution is 0.157. The van der Waals surface area contributed by atoms with Gasteiger partial charge in [-0.1, -0.05) is 62.8 Å². The summed E-state index contributed by atoms with van der Waals surface area (Å²) in [5, 5.41) is 0. The third-order valence-corrected chi connectivity index (χ3v) is 3.95. The van der Waals surface area contributed by atoms with Gasteiger partial charge in [0, 0.05) is 6.61 Å². The normalized spacial score (nSPS) is 25.6. The van der Waals surface area contributed by atoms with Crippen LogP contribution in [0.25, 0.3) is 0 Å². The second-order valence-corrected chi connectivity index (χ2v) is 5.92. The second-order valence-electron chi connectivity index (χ2n) is 5.92. The third kappa shape index (κ3) is 12.5. The Kier molecular flexibility index (Phi) is 13.0. The fraction of sp³-hybridized carbons (Fsp3) is 0.789. The summed E-state index contributed by atoms with van der Waals surface area (Å²) in [6.45, 7) is 1.75. The Morgan fingerprint density at radius 2 is 0.900 bits per heavy atom. The van der Waals surface area contributed by atoms with Crippen molar-refractivity contribution in [3.63, 3.8) is 0 Å². The van der Waals surface area contributed by atoms with Crippen LogP contribution in [-0.4, -0.2) is 13.2 Å². The molecule has 0 aliphatic carbocycles. The van der Waals surface area contributed by atoms with Crippen molar-refractivity contribution >= 4 is 0 Å². The van der Waals surface area contributed by atoms with Gasteiger partial charge in [0.15, 0.2) is 0 Å². The molecule has 0 radical (unpaired) electrons. The minimum absolute atomic E-state index is 0.810. The number of rotatable bonds is 0. The van der Waals surface area contributed by atoms with Crippen LogP contribution in [0.15, 0.2) is 24.3 Å². The van der Waals surface area contributed by atoms with Crippen molar-refractivity contribution in [2.24, 2.45) is 0 Å². The maximum absolute atomic E-state index is 5.62. The fourth-order valence-electron chi connectivity index (χ4n) is 2.62. The lowest BCUT2D eigenvalue weighted by atomic mass is 10.1. The number of allylic oxidation sites excluding steroid dienone is 3. The van der Waals surface area contributed by atoms with Crippen molar-refractivity contribution in [2.75, 3.05) is 13.2 Å². The predicted molar refractivity (Wildman–Crippen MR) is 89.1 cm³/mol. The van der Waals surface area contributed by atoms with E-state index >= 15 is 0 Å². The summed E-state index contributed by atoms with van der Waals surface area (Å²) >= 11 is 0. The molecule has 116 valence electrons. The van der Waals surface area contributed by atoms with Crippen LogP contribution in [0.2, 0.25) is 0 Å². The largest absolute Gasteiger partial charge is 0.377 e. The van der Waals surface area contributed by atoms with E-state index in [1.807, 2.05) is 0 Å². The molecule has 0 aromatic rings. The van der Waals surface area contributed by atoms with Crippen molar-refractivity contribution in [1.29, 1.82) is 0 Å². The summed E-state index contributed by atoms with van der Waals surface area (Å²) in [6.07, 6.45) is 26.6. The molecule has 0 atom stereocenters. The highest BCUT2D eigenvalue weighted by atomic mass is 16.5. The molecule has 0 saturated heterocycles. The Morgan fingerprint density at radius 3 is 1.50 bits per heavy atom. The highest BCUT2D eigenvalue weighted by Gasteiger charge is 1.92. The molecule has 0 spiro atoms. The molecule has 0 aromatic carbocycles. The van der Waals surface area contributed by atoms with E-state index < -0.39 is 0 Å². The molecule has 0 amide bonds. The first-order chi connectivity index (χ1) is 10.0. The second kappa shape index (κ2) is 14.8. The molecule has 0 fully saturated rings. The zero-order chi connectivity index (χ0) is 14.1. The summed E-state index contributed by atoms with van der Waals surface area (Å²) in [5.41, 5.74) is 0. The minimum atomic E-state index is 0.810. The average Bonchev–Trinajstić information content (AvgIpc) is 2.46. The molecule has 0 bridgehead atoms. The first-order valence-corrected chi connectivity index (χ1v) is 8.88. The van der Waals surface area contributed by atoms with Gasteiger partial charge in [-0.15, -0.1) is 0 Å². The van der Waals surface area contributed by atoms with Crippen molar-refractivity contribution in [3.8, 4) is 0 Å². The van der Waals surface area contributed by atoms with E-state index in [0.717, 1.165) is 13.2 Å². The van der Waals surface area contributed by atoms with Gasteiger partial charge in [-0.05, 0) is 44.9 Å². The van der Waals surface area contributed by atoms with E-state index in [1.54, 1.807) is 0 Å². The zero-order valence-electron chi connectivity index (χ0n) is 13.3. The molecule has 0 saturated carbocycles. The van der Waals surface area contributed by atoms with E-state index in [2.05, 4.69) is 24.3 Å². The third-order valence-electron chi connectivity index (χ3n) is 3.95. The van der Waals surface area contributed by atoms with E-state index in [9.17, 15) is 0 Å². The van der Waals surface area contributed by atoms with Crippen molar-refractivity contribution in [1.82, 2.24) is 0 Å². The van der Waals surface area contributed by atoms with Crippen LogP contribution in [-0.2, 0) is 4.74 Å². The number of hydrogen-bond acceptors (Lipinski definition) is 1. The summed E-state index contributed by atoms with van der Waals surface area (Å²) in [6, 6.07) is 0. The number of ether oxygens (including phenoxy) is 1. The van der Waals surface area contributed by atoms with E-state index in [1.165, 1.54) is 83.5 Å². The highest BCUT2D eigenvalue weighted by molar-refractivity contribution is 4.82. The first-order valence-electron chi connectivity index (χ1n) is 8.88. The molecule has 1 heteroatoms. The van der Waals surface area contributed by atoms with Crippen LogP contribution in [0.3, 0.4) is 0 Å². The topological polar surface area (TPSA) is 9.23 Å². The zero-order valence-corrected chi connectivity index (χ0v) is 13.3. The van der Waals surface area contributed by atoms with E-state index in [-0.39, 0.29) is 0 Å². The molecule has 1 heterocycles. The van der Waals surface area contributed by atoms with Crippen LogP contribution < -0.4 is 0 Å². The lowest BCUT2D eigenvalue weighted by Gasteiger charge is -2.02. The first kappa shape index (κ1) is 17.5. The highest BCUT2D eigenvalue weighted by Crippen LogP contribution is 2.10. The minimum Gasteiger partial charge on any atom is -0.377 e. The van der Waals surface area contributed by atoms with Gasteiger partial charge in [0.25, 0.3) is 0 Å². The standard InChI is InChI=1S/C19H34O/c1-2-4-6-8-10-12-14-16-18-20-19-17-15-13-11-9-7-5-3-1/h2,4,15,17H,1,3,5-14,16,18-19H2/b4-2+,17-15-. The maximum Gasteiger partial charge on any atom is 0.0647 e. The Bertz CT molecular complexity index is 218. The van der Waals surface area contributed by atoms with Gasteiger partial charge in [0.1, 0.15) is 0 Å². The van der Waals surface area contributed by atoms with Crippen molar-refractivity contribution in [3.05, 3.63) is 24.3 Å². The maximum atomic E-state index is 5.62. The van der Waals surface area contributed by atoms with Gasteiger partial charge < -0.3 is 4.74 Å². The molecule has 1 nitrogen and oxygen atoms in total. The summed E-state index contributed by atoms with van der Waals surface area (Å²) in [7, 11) is 0. The van der Waals surface area contributed by atoms with E-state index in [0.29, 0.717) is 0 Å². The SMILES string of the molecule is C1=C\COCCCCCCC/C=C/CCCCCCC/1. The van der Waals surface area contributed by atoms with Crippen molar-refractivity contribution in [2.45, 2.75) is 83.5 Å². The molecular weight excluding hydrogens is 244 g/mol. The Hall–Kier alpha value is -0.560. The van der Waals surface area contributed by atoms with Gasteiger partial charge in [-0.3, -0.25) is 0 Å². The molecule has 20 heavy (non-hydrogen) atoms. The Labute approximate surface area is 126 Å². The lowest BCUT2D eigenvalue weighted by Crippen LogP contribution is -1.94. The van der Waals surface area contributed by atoms with Crippen LogP contribution >= 0.6 is 0 Å². The number of hydrogen-bond donors (Lipinski definition) is 0. The molecule has 1 rings (SSSR count). The van der Waals surface area contributed by atoms with E-state index in [4.69, 9.17) is 4.74 Å². The molecule has 0 N–H and O–H groups in total. The van der Waals surface area contributed by atoms with Crippen LogP contribution in [0.4, 0.5) is 0 Å². The summed E-state index contributed by atoms with van der Waals surface area (Å²) < 4.78 is 5.62. The average molecular weight is 278 g/mol. The fourth-order valence-corrected chi connectivity index (χ4v) is 2.62. The van der Waals surface area contributed by atoms with Gasteiger partial charge in [0.05, 0.1) is 6.61 Å². The van der Waals surface area contributed by atoms with Gasteiger partial charge >= 0.3 is 0 Å². The van der Waals surface area contributed by atoms with Gasteiger partial charge in [-0.2, -0.15) is 0 Å². The molecule has 0 unspecified atom stereocenters. The van der Waals surface area contributed by atoms with Gasteiger partial charge in [-0.25, -0.2) is 0 Å². The molecule has 0 aromatic heterocycles. The summed E-state index contributed by atoms with van der Waals surface area (Å²) in [5.74, 6) is 0. The smallest absolute Gasteiger partial charge is 0.0647 e. The van der Waals surface area contributed by atoms with Gasteiger partial charge in [0.2, 0.25) is 0 Å². The predicted octanol–water partition coefficient (Wildman–Crippen LogP) is 6.20.